The maximum absolute atomic E-state index is 9.67. The largest absolute Gasteiger partial charge is 0.493 e. The Kier molecular flexibility index (Phi) is 10.6. The summed E-state index contributed by atoms with van der Waals surface area (Å²) in [7, 11) is 4.96. The first-order chi connectivity index (χ1) is 12.7. The standard InChI is InChI=1S/C20H27N3O3.HI/c1-21-20(23-13-17(14-24)15-8-5-4-6-9-15)22-12-16-10-7-11-18(25-2)19(16)26-3;/h4-11,17,24H,12-14H2,1-3H3,(H2,21,22,23);1H. The maximum Gasteiger partial charge on any atom is 0.191 e. The first-order valence-electron chi connectivity index (χ1n) is 8.53. The number of hydrogen-bond donors (Lipinski definition) is 3. The molecule has 0 aliphatic carbocycles. The molecular formula is C20H28IN3O3. The zero-order valence-corrected chi connectivity index (χ0v) is 18.3. The van der Waals surface area contributed by atoms with Crippen LogP contribution >= 0.6 is 24.0 Å². The Bertz CT molecular complexity index is 711. The van der Waals surface area contributed by atoms with E-state index >= 15 is 0 Å². The van der Waals surface area contributed by atoms with Crippen LogP contribution in [0.25, 0.3) is 0 Å². The summed E-state index contributed by atoms with van der Waals surface area (Å²) in [6, 6.07) is 15.7. The van der Waals surface area contributed by atoms with Gasteiger partial charge in [0.1, 0.15) is 0 Å². The van der Waals surface area contributed by atoms with Crippen LogP contribution in [0.3, 0.4) is 0 Å². The van der Waals surface area contributed by atoms with Crippen molar-refractivity contribution in [3.8, 4) is 11.5 Å². The predicted octanol–water partition coefficient (Wildman–Crippen LogP) is 2.76. The number of aliphatic hydroxyl groups excluding tert-OH is 1. The van der Waals surface area contributed by atoms with Gasteiger partial charge in [-0.05, 0) is 11.6 Å². The topological polar surface area (TPSA) is 75.1 Å². The van der Waals surface area contributed by atoms with Gasteiger partial charge in [0.25, 0.3) is 0 Å². The van der Waals surface area contributed by atoms with Gasteiger partial charge in [-0.15, -0.1) is 24.0 Å². The molecule has 6 nitrogen and oxygen atoms in total. The minimum absolute atomic E-state index is 0. The molecule has 2 aromatic carbocycles. The fourth-order valence-electron chi connectivity index (χ4n) is 2.73. The highest BCUT2D eigenvalue weighted by Gasteiger charge is 2.12. The molecule has 0 spiro atoms. The molecule has 7 heteroatoms. The zero-order chi connectivity index (χ0) is 18.8. The van der Waals surface area contributed by atoms with Crippen LogP contribution < -0.4 is 20.1 Å². The van der Waals surface area contributed by atoms with Crippen molar-refractivity contribution in [3.05, 3.63) is 59.7 Å². The number of ether oxygens (including phenoxy) is 2. The molecule has 2 rings (SSSR count). The highest BCUT2D eigenvalue weighted by Crippen LogP contribution is 2.30. The minimum atomic E-state index is 0. The molecule has 27 heavy (non-hydrogen) atoms. The highest BCUT2D eigenvalue weighted by molar-refractivity contribution is 14.0. The van der Waals surface area contributed by atoms with Gasteiger partial charge in [0.2, 0.25) is 0 Å². The molecule has 3 N–H and O–H groups in total. The lowest BCUT2D eigenvalue weighted by molar-refractivity contribution is 0.265. The summed E-state index contributed by atoms with van der Waals surface area (Å²) < 4.78 is 10.8. The van der Waals surface area contributed by atoms with Crippen LogP contribution in [0.4, 0.5) is 0 Å². The van der Waals surface area contributed by atoms with Gasteiger partial charge in [-0.2, -0.15) is 0 Å². The van der Waals surface area contributed by atoms with Crippen LogP contribution in [0.5, 0.6) is 11.5 Å². The van der Waals surface area contributed by atoms with Gasteiger partial charge in [-0.3, -0.25) is 4.99 Å². The summed E-state index contributed by atoms with van der Waals surface area (Å²) in [5.74, 6) is 2.06. The molecule has 0 aliphatic heterocycles. The summed E-state index contributed by atoms with van der Waals surface area (Å²) >= 11 is 0. The second kappa shape index (κ2) is 12.4. The fraction of sp³-hybridized carbons (Fsp3) is 0.350. The van der Waals surface area contributed by atoms with Gasteiger partial charge < -0.3 is 25.2 Å². The quantitative estimate of drug-likeness (QED) is 0.305. The Hall–Kier alpha value is -2.00. The number of aliphatic imine (C=N–C) groups is 1. The van der Waals surface area contributed by atoms with Gasteiger partial charge >= 0.3 is 0 Å². The molecule has 0 amide bonds. The third-order valence-corrected chi connectivity index (χ3v) is 4.16. The molecule has 0 radical (unpaired) electrons. The lowest BCUT2D eigenvalue weighted by Gasteiger charge is -2.19. The lowest BCUT2D eigenvalue weighted by atomic mass is 10.0. The number of para-hydroxylation sites is 1. The Labute approximate surface area is 178 Å². The fourth-order valence-corrected chi connectivity index (χ4v) is 2.73. The van der Waals surface area contributed by atoms with Crippen molar-refractivity contribution in [1.82, 2.24) is 10.6 Å². The third-order valence-electron chi connectivity index (χ3n) is 4.16. The van der Waals surface area contributed by atoms with Gasteiger partial charge in [-0.25, -0.2) is 0 Å². The summed E-state index contributed by atoms with van der Waals surface area (Å²) in [4.78, 5) is 4.24. The smallest absolute Gasteiger partial charge is 0.191 e. The van der Waals surface area contributed by atoms with E-state index in [9.17, 15) is 5.11 Å². The van der Waals surface area contributed by atoms with Crippen molar-refractivity contribution >= 4 is 29.9 Å². The monoisotopic (exact) mass is 485 g/mol. The number of hydrogen-bond acceptors (Lipinski definition) is 4. The Balaban J connectivity index is 0.00000364. The number of aliphatic hydroxyl groups is 1. The second-order valence-electron chi connectivity index (χ2n) is 5.75. The lowest BCUT2D eigenvalue weighted by Crippen LogP contribution is -2.39. The summed E-state index contributed by atoms with van der Waals surface area (Å²) in [6.45, 7) is 1.18. The average molecular weight is 485 g/mol. The van der Waals surface area contributed by atoms with Crippen LogP contribution in [0.1, 0.15) is 17.0 Å². The maximum atomic E-state index is 9.67. The molecule has 0 fully saturated rings. The third kappa shape index (κ3) is 6.59. The molecular weight excluding hydrogens is 457 g/mol. The number of methoxy groups -OCH3 is 2. The minimum Gasteiger partial charge on any atom is -0.493 e. The molecule has 0 saturated carbocycles. The van der Waals surface area contributed by atoms with E-state index in [0.29, 0.717) is 30.5 Å². The molecule has 0 heterocycles. The van der Waals surface area contributed by atoms with E-state index in [-0.39, 0.29) is 36.5 Å². The zero-order valence-electron chi connectivity index (χ0n) is 15.9. The number of nitrogens with zero attached hydrogens (tertiary/aromatic N) is 1. The Morgan fingerprint density at radius 3 is 2.37 bits per heavy atom. The van der Waals surface area contributed by atoms with E-state index in [1.807, 2.05) is 48.5 Å². The van der Waals surface area contributed by atoms with E-state index in [1.165, 1.54) is 0 Å². The van der Waals surface area contributed by atoms with Crippen molar-refractivity contribution in [2.45, 2.75) is 12.5 Å². The number of benzene rings is 2. The summed E-state index contributed by atoms with van der Waals surface area (Å²) in [5.41, 5.74) is 2.06. The van der Waals surface area contributed by atoms with Gasteiger partial charge in [0.05, 0.1) is 20.8 Å². The molecule has 1 unspecified atom stereocenters. The SMILES string of the molecule is CN=C(NCc1cccc(OC)c1OC)NCC(CO)c1ccccc1.I. The van der Waals surface area contributed by atoms with Gasteiger partial charge in [0.15, 0.2) is 17.5 Å². The normalized spacial score (nSPS) is 11.9. The van der Waals surface area contributed by atoms with Crippen molar-refractivity contribution in [2.75, 3.05) is 34.4 Å². The van der Waals surface area contributed by atoms with E-state index in [4.69, 9.17) is 9.47 Å². The van der Waals surface area contributed by atoms with E-state index < -0.39 is 0 Å². The summed E-state index contributed by atoms with van der Waals surface area (Å²) in [6.07, 6.45) is 0. The number of rotatable bonds is 8. The molecule has 0 bridgehead atoms. The second-order valence-corrected chi connectivity index (χ2v) is 5.75. The molecule has 148 valence electrons. The predicted molar refractivity (Wildman–Crippen MR) is 119 cm³/mol. The van der Waals surface area contributed by atoms with Crippen LogP contribution in [0.15, 0.2) is 53.5 Å². The van der Waals surface area contributed by atoms with Crippen LogP contribution in [0, 0.1) is 0 Å². The number of guanidine groups is 1. The highest BCUT2D eigenvalue weighted by atomic mass is 127. The first kappa shape index (κ1) is 23.0. The molecule has 0 aliphatic rings. The Morgan fingerprint density at radius 2 is 1.78 bits per heavy atom. The van der Waals surface area contributed by atoms with Gasteiger partial charge in [-0.1, -0.05) is 42.5 Å². The average Bonchev–Trinajstić information content (AvgIpc) is 2.70. The number of halogens is 1. The van der Waals surface area contributed by atoms with Crippen molar-refractivity contribution in [3.63, 3.8) is 0 Å². The number of nitrogens with one attached hydrogen (secondary N) is 2. The van der Waals surface area contributed by atoms with Crippen molar-refractivity contribution in [2.24, 2.45) is 4.99 Å². The molecule has 0 saturated heterocycles. The van der Waals surface area contributed by atoms with E-state index in [2.05, 4.69) is 15.6 Å². The molecule has 1 atom stereocenters. The first-order valence-corrected chi connectivity index (χ1v) is 8.53. The molecule has 2 aromatic rings. The van der Waals surface area contributed by atoms with E-state index in [1.54, 1.807) is 21.3 Å². The van der Waals surface area contributed by atoms with Crippen molar-refractivity contribution in [1.29, 1.82) is 0 Å². The molecule has 0 aromatic heterocycles. The summed E-state index contributed by atoms with van der Waals surface area (Å²) in [5, 5.41) is 16.2. The van der Waals surface area contributed by atoms with Gasteiger partial charge in [0, 0.05) is 31.6 Å². The van der Waals surface area contributed by atoms with Crippen LogP contribution in [-0.2, 0) is 6.54 Å². The Morgan fingerprint density at radius 1 is 1.04 bits per heavy atom. The van der Waals surface area contributed by atoms with E-state index in [0.717, 1.165) is 11.1 Å². The van der Waals surface area contributed by atoms with Crippen LogP contribution in [-0.4, -0.2) is 45.5 Å². The van der Waals surface area contributed by atoms with Crippen molar-refractivity contribution < 1.29 is 14.6 Å². The van der Waals surface area contributed by atoms with Crippen LogP contribution in [0.2, 0.25) is 0 Å².